The van der Waals surface area contributed by atoms with E-state index in [9.17, 15) is 4.79 Å². The Morgan fingerprint density at radius 1 is 1.38 bits per heavy atom. The van der Waals surface area contributed by atoms with Crippen molar-refractivity contribution in [1.82, 2.24) is 0 Å². The molecule has 0 N–H and O–H groups in total. The van der Waals surface area contributed by atoms with Crippen molar-refractivity contribution >= 4 is 6.47 Å². The Hall–Kier alpha value is -1.05. The van der Waals surface area contributed by atoms with Crippen molar-refractivity contribution in [3.05, 3.63) is 24.8 Å². The topological polar surface area (TPSA) is 26.3 Å². The molecule has 0 atom stereocenters. The maximum Gasteiger partial charge on any atom is 0.293 e. The Bertz CT molecular complexity index is 128. The summed E-state index contributed by atoms with van der Waals surface area (Å²) in [5.74, 6) is 0. The zero-order chi connectivity index (χ0) is 10.4. The maximum atomic E-state index is 9.46. The van der Waals surface area contributed by atoms with Crippen LogP contribution in [0.1, 0.15) is 33.1 Å². The molecule has 0 heterocycles. The average Bonchev–Trinajstić information content (AvgIpc) is 2.17. The molecule has 0 aromatic carbocycles. The van der Waals surface area contributed by atoms with Gasteiger partial charge in [-0.15, -0.1) is 0 Å². The van der Waals surface area contributed by atoms with E-state index in [1.54, 1.807) is 6.08 Å². The van der Waals surface area contributed by atoms with Gasteiger partial charge in [-0.3, -0.25) is 4.79 Å². The molecule has 2 heteroatoms. The van der Waals surface area contributed by atoms with Gasteiger partial charge in [0.05, 0.1) is 6.61 Å². The summed E-state index contributed by atoms with van der Waals surface area (Å²) in [7, 11) is 0. The zero-order valence-corrected chi connectivity index (χ0v) is 8.66. The zero-order valence-electron chi connectivity index (χ0n) is 8.66. The van der Waals surface area contributed by atoms with Crippen LogP contribution in [0.5, 0.6) is 0 Å². The first-order chi connectivity index (χ1) is 6.33. The standard InChI is InChI=1S/C6H10.C5H10O2/c1-3-5-6-4-2;1-2-3-4-7-5-6/h3,5-6H,1,4H2,2H3;5H,2-4H2,1H3. The summed E-state index contributed by atoms with van der Waals surface area (Å²) in [6, 6.07) is 0. The van der Waals surface area contributed by atoms with E-state index in [4.69, 9.17) is 0 Å². The summed E-state index contributed by atoms with van der Waals surface area (Å²) in [5.41, 5.74) is 0. The van der Waals surface area contributed by atoms with Crippen LogP contribution in [0.2, 0.25) is 0 Å². The Morgan fingerprint density at radius 3 is 2.38 bits per heavy atom. The van der Waals surface area contributed by atoms with E-state index < -0.39 is 0 Å². The first kappa shape index (κ1) is 14.5. The van der Waals surface area contributed by atoms with Crippen LogP contribution in [-0.2, 0) is 9.53 Å². The normalized spacial score (nSPS) is 8.77. The Balaban J connectivity index is 0. The van der Waals surface area contributed by atoms with Crippen LogP contribution < -0.4 is 0 Å². The first-order valence-electron chi connectivity index (χ1n) is 4.66. The van der Waals surface area contributed by atoms with Crippen LogP contribution in [0.15, 0.2) is 24.8 Å². The predicted octanol–water partition coefficient (Wildman–Crippen LogP) is 3.10. The van der Waals surface area contributed by atoms with E-state index in [0.717, 1.165) is 19.3 Å². The molecule has 0 fully saturated rings. The lowest BCUT2D eigenvalue weighted by Gasteiger charge is -1.90. The van der Waals surface area contributed by atoms with Crippen molar-refractivity contribution < 1.29 is 9.53 Å². The number of carbonyl (C=O) groups is 1. The van der Waals surface area contributed by atoms with E-state index in [-0.39, 0.29) is 0 Å². The fourth-order valence-corrected chi connectivity index (χ4v) is 0.508. The van der Waals surface area contributed by atoms with E-state index in [2.05, 4.69) is 24.3 Å². The average molecular weight is 184 g/mol. The van der Waals surface area contributed by atoms with Gasteiger partial charge in [-0.2, -0.15) is 0 Å². The number of hydrogen-bond donors (Lipinski definition) is 0. The summed E-state index contributed by atoms with van der Waals surface area (Å²) in [6.45, 7) is 8.71. The fraction of sp³-hybridized carbons (Fsp3) is 0.545. The molecule has 0 saturated carbocycles. The van der Waals surface area contributed by atoms with Crippen LogP contribution >= 0.6 is 0 Å². The molecule has 0 bridgehead atoms. The Labute approximate surface area is 81.3 Å². The summed E-state index contributed by atoms with van der Waals surface area (Å²) >= 11 is 0. The molecular formula is C11H20O2. The third-order valence-electron chi connectivity index (χ3n) is 1.19. The monoisotopic (exact) mass is 184 g/mol. The van der Waals surface area contributed by atoms with Crippen LogP contribution in [0.25, 0.3) is 0 Å². The van der Waals surface area contributed by atoms with Gasteiger partial charge in [0, 0.05) is 0 Å². The summed E-state index contributed by atoms with van der Waals surface area (Å²) in [6.07, 6.45) is 8.94. The summed E-state index contributed by atoms with van der Waals surface area (Å²) in [4.78, 5) is 9.46. The number of rotatable bonds is 6. The third kappa shape index (κ3) is 24.8. The predicted molar refractivity (Wildman–Crippen MR) is 56.6 cm³/mol. The minimum Gasteiger partial charge on any atom is -0.468 e. The van der Waals surface area contributed by atoms with Crippen molar-refractivity contribution in [2.75, 3.05) is 6.61 Å². The molecule has 13 heavy (non-hydrogen) atoms. The maximum absolute atomic E-state index is 9.46. The SMILES string of the molecule is C=CC=CCC.CCCCOC=O. The van der Waals surface area contributed by atoms with Crippen LogP contribution in [-0.4, -0.2) is 13.1 Å². The van der Waals surface area contributed by atoms with Gasteiger partial charge in [0.2, 0.25) is 0 Å². The number of carbonyl (C=O) groups excluding carboxylic acids is 1. The molecule has 0 aliphatic rings. The lowest BCUT2D eigenvalue weighted by Crippen LogP contribution is -1.88. The van der Waals surface area contributed by atoms with Gasteiger partial charge >= 0.3 is 0 Å². The first-order valence-corrected chi connectivity index (χ1v) is 4.66. The molecule has 0 aliphatic carbocycles. The van der Waals surface area contributed by atoms with Crippen molar-refractivity contribution in [3.8, 4) is 0 Å². The van der Waals surface area contributed by atoms with Gasteiger partial charge in [0.15, 0.2) is 0 Å². The molecule has 0 aromatic heterocycles. The molecule has 0 aromatic rings. The van der Waals surface area contributed by atoms with Gasteiger partial charge in [0.25, 0.3) is 6.47 Å². The fourth-order valence-electron chi connectivity index (χ4n) is 0.508. The molecule has 0 radical (unpaired) electrons. The van der Waals surface area contributed by atoms with Gasteiger partial charge in [-0.05, 0) is 12.8 Å². The smallest absolute Gasteiger partial charge is 0.293 e. The minimum absolute atomic E-state index is 0.482. The van der Waals surface area contributed by atoms with Crippen LogP contribution in [0, 0.1) is 0 Å². The molecule has 0 amide bonds. The molecule has 0 aliphatic heterocycles. The molecule has 2 nitrogen and oxygen atoms in total. The molecular weight excluding hydrogens is 164 g/mol. The number of ether oxygens (including phenoxy) is 1. The molecule has 0 spiro atoms. The highest BCUT2D eigenvalue weighted by Gasteiger charge is 1.78. The number of hydrogen-bond acceptors (Lipinski definition) is 2. The van der Waals surface area contributed by atoms with Crippen molar-refractivity contribution in [2.24, 2.45) is 0 Å². The quantitative estimate of drug-likeness (QED) is 0.360. The van der Waals surface area contributed by atoms with Gasteiger partial charge in [0.1, 0.15) is 0 Å². The van der Waals surface area contributed by atoms with Crippen LogP contribution in [0.4, 0.5) is 0 Å². The third-order valence-corrected chi connectivity index (χ3v) is 1.19. The Morgan fingerprint density at radius 2 is 2.08 bits per heavy atom. The largest absolute Gasteiger partial charge is 0.468 e. The second kappa shape index (κ2) is 17.2. The van der Waals surface area contributed by atoms with E-state index in [0.29, 0.717) is 13.1 Å². The van der Waals surface area contributed by atoms with Crippen LogP contribution in [0.3, 0.4) is 0 Å². The van der Waals surface area contributed by atoms with Gasteiger partial charge in [-0.25, -0.2) is 0 Å². The second-order valence-corrected chi connectivity index (χ2v) is 2.39. The van der Waals surface area contributed by atoms with Gasteiger partial charge in [-0.1, -0.05) is 45.1 Å². The van der Waals surface area contributed by atoms with Crippen molar-refractivity contribution in [3.63, 3.8) is 0 Å². The highest BCUT2D eigenvalue weighted by Crippen LogP contribution is 1.83. The highest BCUT2D eigenvalue weighted by atomic mass is 16.5. The number of unbranched alkanes of at least 4 members (excludes halogenated alkanes) is 1. The van der Waals surface area contributed by atoms with Crippen molar-refractivity contribution in [2.45, 2.75) is 33.1 Å². The Kier molecular flexibility index (Phi) is 19.1. The summed E-state index contributed by atoms with van der Waals surface area (Å²) < 4.78 is 4.39. The second-order valence-electron chi connectivity index (χ2n) is 2.39. The van der Waals surface area contributed by atoms with E-state index >= 15 is 0 Å². The molecule has 76 valence electrons. The molecule has 0 unspecified atom stereocenters. The van der Waals surface area contributed by atoms with E-state index in [1.807, 2.05) is 13.0 Å². The summed E-state index contributed by atoms with van der Waals surface area (Å²) in [5, 5.41) is 0. The van der Waals surface area contributed by atoms with Gasteiger partial charge < -0.3 is 4.74 Å². The minimum atomic E-state index is 0.482. The van der Waals surface area contributed by atoms with E-state index in [1.165, 1.54) is 0 Å². The highest BCUT2D eigenvalue weighted by molar-refractivity contribution is 5.36. The van der Waals surface area contributed by atoms with Crippen molar-refractivity contribution in [1.29, 1.82) is 0 Å². The molecule has 0 saturated heterocycles. The molecule has 0 rings (SSSR count). The number of allylic oxidation sites excluding steroid dienone is 3. The lowest BCUT2D eigenvalue weighted by molar-refractivity contribution is -0.128. The lowest BCUT2D eigenvalue weighted by atomic mass is 10.4.